The summed E-state index contributed by atoms with van der Waals surface area (Å²) in [7, 11) is 1.66. The van der Waals surface area contributed by atoms with Gasteiger partial charge in [-0.25, -0.2) is 0 Å². The van der Waals surface area contributed by atoms with Gasteiger partial charge in [0.05, 0.1) is 13.1 Å². The maximum Gasteiger partial charge on any atom is 0.251 e. The minimum absolute atomic E-state index is 0.0256. The van der Waals surface area contributed by atoms with Crippen LogP contribution in [0.1, 0.15) is 26.2 Å². The van der Waals surface area contributed by atoms with Crippen molar-refractivity contribution >= 4 is 11.8 Å². The van der Waals surface area contributed by atoms with Crippen LogP contribution >= 0.6 is 0 Å². The third kappa shape index (κ3) is 4.04. The largest absolute Gasteiger partial charge is 0.383 e. The number of carbonyl (C=O) groups excluding carboxylic acids is 2. The quantitative estimate of drug-likeness (QED) is 0.710. The van der Waals surface area contributed by atoms with Crippen LogP contribution in [0.2, 0.25) is 0 Å². The predicted molar refractivity (Wildman–Crippen MR) is 67.5 cm³/mol. The molecule has 100 valence electrons. The van der Waals surface area contributed by atoms with E-state index in [1.54, 1.807) is 14.0 Å². The highest BCUT2D eigenvalue weighted by molar-refractivity contribution is 5.87. The smallest absolute Gasteiger partial charge is 0.251 e. The topological polar surface area (TPSA) is 60.9 Å². The van der Waals surface area contributed by atoms with Crippen molar-refractivity contribution in [3.05, 3.63) is 0 Å². The van der Waals surface area contributed by atoms with Crippen LogP contribution in [0.15, 0.2) is 0 Å². The van der Waals surface area contributed by atoms with Gasteiger partial charge >= 0.3 is 0 Å². The molecule has 1 saturated heterocycles. The third-order valence-electron chi connectivity index (χ3n) is 3.00. The zero-order valence-corrected chi connectivity index (χ0v) is 11.0. The number of aliphatic hydroxyl groups excluding tert-OH is 1. The van der Waals surface area contributed by atoms with Crippen molar-refractivity contribution in [1.82, 2.24) is 9.80 Å². The van der Waals surface area contributed by atoms with Gasteiger partial charge in [0, 0.05) is 13.6 Å². The highest BCUT2D eigenvalue weighted by atomic mass is 16.3. The molecule has 0 saturated carbocycles. The summed E-state index contributed by atoms with van der Waals surface area (Å²) in [5.41, 5.74) is 0. The minimum Gasteiger partial charge on any atom is -0.383 e. The molecular formula is C13H20N2O3. The number of carbonyl (C=O) groups is 2. The second-order valence-electron chi connectivity index (χ2n) is 4.45. The SMILES string of the molecule is CC#CCN(C)C(=O)CN1CCCCC(O)C1=O. The molecule has 0 spiro atoms. The van der Waals surface area contributed by atoms with E-state index in [1.165, 1.54) is 9.80 Å². The Morgan fingerprint density at radius 3 is 2.94 bits per heavy atom. The first-order valence-corrected chi connectivity index (χ1v) is 6.16. The van der Waals surface area contributed by atoms with Crippen molar-refractivity contribution in [2.24, 2.45) is 0 Å². The molecule has 1 aliphatic rings. The van der Waals surface area contributed by atoms with E-state index in [2.05, 4.69) is 11.8 Å². The van der Waals surface area contributed by atoms with E-state index in [9.17, 15) is 14.7 Å². The average molecular weight is 252 g/mol. The predicted octanol–water partition coefficient (Wildman–Crippen LogP) is -0.159. The Bertz CT molecular complexity index is 370. The van der Waals surface area contributed by atoms with Crippen LogP contribution in [0, 0.1) is 11.8 Å². The highest BCUT2D eigenvalue weighted by Crippen LogP contribution is 2.11. The molecule has 0 aromatic heterocycles. The van der Waals surface area contributed by atoms with E-state index < -0.39 is 6.10 Å². The molecule has 5 nitrogen and oxygen atoms in total. The van der Waals surface area contributed by atoms with Gasteiger partial charge in [0.1, 0.15) is 6.10 Å². The number of amides is 2. The van der Waals surface area contributed by atoms with Crippen LogP contribution in [0.25, 0.3) is 0 Å². The van der Waals surface area contributed by atoms with Gasteiger partial charge in [0.15, 0.2) is 0 Å². The molecule has 1 heterocycles. The fourth-order valence-electron chi connectivity index (χ4n) is 1.81. The molecular weight excluding hydrogens is 232 g/mol. The van der Waals surface area contributed by atoms with Gasteiger partial charge in [-0.1, -0.05) is 5.92 Å². The van der Waals surface area contributed by atoms with Crippen molar-refractivity contribution in [1.29, 1.82) is 0 Å². The Morgan fingerprint density at radius 1 is 1.56 bits per heavy atom. The molecule has 0 aromatic carbocycles. The molecule has 0 aromatic rings. The van der Waals surface area contributed by atoms with Crippen LogP contribution in [0.5, 0.6) is 0 Å². The Labute approximate surface area is 108 Å². The first-order chi connectivity index (χ1) is 8.56. The first kappa shape index (κ1) is 14.5. The second kappa shape index (κ2) is 7.02. The standard InChI is InChI=1S/C13H20N2O3/c1-3-4-8-14(2)12(17)10-15-9-6-5-7-11(16)13(15)18/h11,16H,5-10H2,1-2H3. The number of rotatable bonds is 3. The summed E-state index contributed by atoms with van der Waals surface area (Å²) < 4.78 is 0. The lowest BCUT2D eigenvalue weighted by molar-refractivity contribution is -0.144. The number of likely N-dealkylation sites (tertiary alicyclic amines) is 1. The zero-order chi connectivity index (χ0) is 13.5. The summed E-state index contributed by atoms with van der Waals surface area (Å²) in [6.45, 7) is 2.64. The van der Waals surface area contributed by atoms with Gasteiger partial charge in [-0.15, -0.1) is 5.92 Å². The molecule has 0 aliphatic carbocycles. The van der Waals surface area contributed by atoms with E-state index in [0.29, 0.717) is 19.5 Å². The summed E-state index contributed by atoms with van der Waals surface area (Å²) in [4.78, 5) is 26.6. The molecule has 0 radical (unpaired) electrons. The first-order valence-electron chi connectivity index (χ1n) is 6.16. The maximum absolute atomic E-state index is 11.9. The molecule has 18 heavy (non-hydrogen) atoms. The molecule has 1 aliphatic heterocycles. The normalized spacial score (nSPS) is 19.8. The lowest BCUT2D eigenvalue weighted by Gasteiger charge is -2.24. The van der Waals surface area contributed by atoms with Gasteiger partial charge < -0.3 is 14.9 Å². The Balaban J connectivity index is 2.55. The molecule has 1 unspecified atom stereocenters. The molecule has 1 fully saturated rings. The van der Waals surface area contributed by atoms with Crippen molar-refractivity contribution in [2.75, 3.05) is 26.7 Å². The summed E-state index contributed by atoms with van der Waals surface area (Å²) in [6, 6.07) is 0. The van der Waals surface area contributed by atoms with Crippen LogP contribution in [0.4, 0.5) is 0 Å². The van der Waals surface area contributed by atoms with Gasteiger partial charge in [-0.05, 0) is 26.2 Å². The molecule has 5 heteroatoms. The molecule has 1 atom stereocenters. The fourth-order valence-corrected chi connectivity index (χ4v) is 1.81. The lowest BCUT2D eigenvalue weighted by atomic mass is 10.2. The fraction of sp³-hybridized carbons (Fsp3) is 0.692. The van der Waals surface area contributed by atoms with Crippen molar-refractivity contribution in [2.45, 2.75) is 32.3 Å². The van der Waals surface area contributed by atoms with Crippen molar-refractivity contribution < 1.29 is 14.7 Å². The number of hydrogen-bond acceptors (Lipinski definition) is 3. The monoisotopic (exact) mass is 252 g/mol. The van der Waals surface area contributed by atoms with E-state index in [0.717, 1.165) is 12.8 Å². The number of nitrogens with zero attached hydrogens (tertiary/aromatic N) is 2. The Hall–Kier alpha value is -1.54. The lowest BCUT2D eigenvalue weighted by Crippen LogP contribution is -2.44. The van der Waals surface area contributed by atoms with Gasteiger partial charge in [-0.2, -0.15) is 0 Å². The number of aliphatic hydroxyl groups is 1. The third-order valence-corrected chi connectivity index (χ3v) is 3.00. The zero-order valence-electron chi connectivity index (χ0n) is 11.0. The van der Waals surface area contributed by atoms with E-state index >= 15 is 0 Å². The van der Waals surface area contributed by atoms with E-state index in [1.807, 2.05) is 0 Å². The Kier molecular flexibility index (Phi) is 5.66. The molecule has 2 amide bonds. The number of likely N-dealkylation sites (N-methyl/N-ethyl adjacent to an activating group) is 1. The van der Waals surface area contributed by atoms with Gasteiger partial charge in [0.25, 0.3) is 5.91 Å². The van der Waals surface area contributed by atoms with Crippen LogP contribution < -0.4 is 0 Å². The second-order valence-corrected chi connectivity index (χ2v) is 4.45. The van der Waals surface area contributed by atoms with Gasteiger partial charge in [-0.3, -0.25) is 9.59 Å². The summed E-state index contributed by atoms with van der Waals surface area (Å²) in [6.07, 6.45) is 1.17. The summed E-state index contributed by atoms with van der Waals surface area (Å²) >= 11 is 0. The highest BCUT2D eigenvalue weighted by Gasteiger charge is 2.26. The van der Waals surface area contributed by atoms with Crippen LogP contribution in [-0.4, -0.2) is 59.5 Å². The van der Waals surface area contributed by atoms with E-state index in [-0.39, 0.29) is 18.4 Å². The van der Waals surface area contributed by atoms with Crippen molar-refractivity contribution in [3.8, 4) is 11.8 Å². The summed E-state index contributed by atoms with van der Waals surface area (Å²) in [5, 5.41) is 9.58. The van der Waals surface area contributed by atoms with Gasteiger partial charge in [0.2, 0.25) is 5.91 Å². The molecule has 1 N–H and O–H groups in total. The summed E-state index contributed by atoms with van der Waals surface area (Å²) in [5.74, 6) is 5.03. The van der Waals surface area contributed by atoms with Crippen molar-refractivity contribution in [3.63, 3.8) is 0 Å². The van der Waals surface area contributed by atoms with Crippen LogP contribution in [-0.2, 0) is 9.59 Å². The minimum atomic E-state index is -0.957. The van der Waals surface area contributed by atoms with Crippen LogP contribution in [0.3, 0.4) is 0 Å². The maximum atomic E-state index is 11.9. The Morgan fingerprint density at radius 2 is 2.28 bits per heavy atom. The number of hydrogen-bond donors (Lipinski definition) is 1. The molecule has 0 bridgehead atoms. The average Bonchev–Trinajstić information content (AvgIpc) is 2.51. The van der Waals surface area contributed by atoms with E-state index in [4.69, 9.17) is 0 Å². The molecule has 1 rings (SSSR count).